The van der Waals surface area contributed by atoms with Crippen molar-refractivity contribution < 1.29 is 4.21 Å². The lowest BCUT2D eigenvalue weighted by atomic mass is 10.2. The van der Waals surface area contributed by atoms with Gasteiger partial charge in [-0.25, -0.2) is 4.21 Å². The van der Waals surface area contributed by atoms with Gasteiger partial charge in [0, 0.05) is 11.9 Å². The Hall–Kier alpha value is -1.35. The smallest absolute Gasteiger partial charge is 0.157 e. The summed E-state index contributed by atoms with van der Waals surface area (Å²) in [5.41, 5.74) is 2.16. The van der Waals surface area contributed by atoms with Crippen LogP contribution in [0.25, 0.3) is 0 Å². The number of hydrogen-bond acceptors (Lipinski definition) is 1. The molecule has 3 heteroatoms. The Balaban J connectivity index is 2.44. The summed E-state index contributed by atoms with van der Waals surface area (Å²) < 4.78 is 14.2. The highest BCUT2D eigenvalue weighted by atomic mass is 32.2. The third kappa shape index (κ3) is 1.95. The fraction of sp³-hybridized carbons (Fsp3) is 0.231. The Bertz CT molecular complexity index is 516. The summed E-state index contributed by atoms with van der Waals surface area (Å²) in [7, 11) is -1.12. The standard InChI is InChI=1S/C13H15NOS/c1-3-12-8-6-10-14(12)16(15)13-9-5-4-7-11(13)2/h4-10H,3H2,1-2H3. The van der Waals surface area contributed by atoms with E-state index in [0.717, 1.165) is 22.6 Å². The molecule has 1 atom stereocenters. The number of rotatable bonds is 3. The fourth-order valence-electron chi connectivity index (χ4n) is 1.70. The molecule has 1 heterocycles. The molecule has 0 aliphatic rings. The van der Waals surface area contributed by atoms with E-state index in [4.69, 9.17) is 0 Å². The summed E-state index contributed by atoms with van der Waals surface area (Å²) in [4.78, 5) is 0.883. The second kappa shape index (κ2) is 4.66. The van der Waals surface area contributed by atoms with Crippen LogP contribution >= 0.6 is 0 Å². The van der Waals surface area contributed by atoms with Crippen LogP contribution in [0.5, 0.6) is 0 Å². The van der Waals surface area contributed by atoms with Crippen LogP contribution in [-0.2, 0) is 17.4 Å². The topological polar surface area (TPSA) is 22.0 Å². The molecule has 0 aliphatic carbocycles. The molecular weight excluding hydrogens is 218 g/mol. The van der Waals surface area contributed by atoms with Crippen molar-refractivity contribution in [1.29, 1.82) is 0 Å². The first-order valence-electron chi connectivity index (χ1n) is 5.38. The van der Waals surface area contributed by atoms with Gasteiger partial charge in [0.25, 0.3) is 0 Å². The van der Waals surface area contributed by atoms with Crippen molar-refractivity contribution in [3.05, 3.63) is 53.9 Å². The van der Waals surface area contributed by atoms with Gasteiger partial charge in [0.15, 0.2) is 11.0 Å². The third-order valence-corrected chi connectivity index (χ3v) is 4.16. The first-order chi connectivity index (χ1) is 7.74. The zero-order chi connectivity index (χ0) is 11.5. The molecule has 0 spiro atoms. The van der Waals surface area contributed by atoms with Crippen molar-refractivity contribution in [3.8, 4) is 0 Å². The summed E-state index contributed by atoms with van der Waals surface area (Å²) in [6.07, 6.45) is 2.77. The molecule has 0 saturated heterocycles. The molecule has 0 aliphatic heterocycles. The van der Waals surface area contributed by atoms with Gasteiger partial charge < -0.3 is 0 Å². The van der Waals surface area contributed by atoms with Gasteiger partial charge in [-0.05, 0) is 37.1 Å². The normalized spacial score (nSPS) is 12.6. The minimum Gasteiger partial charge on any atom is -0.267 e. The number of aryl methyl sites for hydroxylation is 2. The molecule has 0 amide bonds. The lowest BCUT2D eigenvalue weighted by molar-refractivity contribution is 0.675. The van der Waals surface area contributed by atoms with E-state index in [1.165, 1.54) is 0 Å². The zero-order valence-electron chi connectivity index (χ0n) is 9.51. The van der Waals surface area contributed by atoms with Crippen LogP contribution in [0.2, 0.25) is 0 Å². The molecule has 1 unspecified atom stereocenters. The van der Waals surface area contributed by atoms with Crippen LogP contribution in [-0.4, -0.2) is 8.18 Å². The molecule has 16 heavy (non-hydrogen) atoms. The van der Waals surface area contributed by atoms with Gasteiger partial charge in [-0.15, -0.1) is 0 Å². The second-order valence-corrected chi connectivity index (χ2v) is 5.03. The maximum atomic E-state index is 12.4. The van der Waals surface area contributed by atoms with E-state index >= 15 is 0 Å². The summed E-state index contributed by atoms with van der Waals surface area (Å²) in [5, 5.41) is 0. The molecule has 0 fully saturated rings. The highest BCUT2D eigenvalue weighted by Gasteiger charge is 2.10. The molecule has 0 radical (unpaired) electrons. The van der Waals surface area contributed by atoms with Gasteiger partial charge in [-0.2, -0.15) is 0 Å². The van der Waals surface area contributed by atoms with E-state index in [1.54, 1.807) is 0 Å². The Kier molecular flexibility index (Phi) is 3.25. The van der Waals surface area contributed by atoms with E-state index in [2.05, 4.69) is 6.92 Å². The monoisotopic (exact) mass is 233 g/mol. The van der Waals surface area contributed by atoms with Crippen LogP contribution in [0.1, 0.15) is 18.2 Å². The number of nitrogens with zero attached hydrogens (tertiary/aromatic N) is 1. The average Bonchev–Trinajstić information content (AvgIpc) is 2.77. The molecule has 2 aromatic rings. The number of benzene rings is 1. The predicted molar refractivity (Wildman–Crippen MR) is 66.8 cm³/mol. The van der Waals surface area contributed by atoms with Crippen molar-refractivity contribution in [2.24, 2.45) is 0 Å². The highest BCUT2D eigenvalue weighted by molar-refractivity contribution is 7.83. The number of aromatic nitrogens is 1. The lowest BCUT2D eigenvalue weighted by Gasteiger charge is -2.09. The van der Waals surface area contributed by atoms with Gasteiger partial charge in [-0.1, -0.05) is 25.1 Å². The Morgan fingerprint density at radius 2 is 1.94 bits per heavy atom. The first kappa shape index (κ1) is 11.1. The van der Waals surface area contributed by atoms with Gasteiger partial charge in [0.2, 0.25) is 0 Å². The summed E-state index contributed by atoms with van der Waals surface area (Å²) >= 11 is 0. The van der Waals surface area contributed by atoms with Gasteiger partial charge in [-0.3, -0.25) is 3.97 Å². The van der Waals surface area contributed by atoms with E-state index in [-0.39, 0.29) is 0 Å². The molecular formula is C13H15NOS. The summed E-state index contributed by atoms with van der Waals surface area (Å²) in [6.45, 7) is 4.06. The van der Waals surface area contributed by atoms with Crippen molar-refractivity contribution in [2.75, 3.05) is 0 Å². The predicted octanol–water partition coefficient (Wildman–Crippen LogP) is 2.93. The Morgan fingerprint density at radius 3 is 2.62 bits per heavy atom. The maximum Gasteiger partial charge on any atom is 0.157 e. The van der Waals surface area contributed by atoms with Crippen LogP contribution < -0.4 is 0 Å². The Morgan fingerprint density at radius 1 is 1.19 bits per heavy atom. The van der Waals surface area contributed by atoms with E-state index in [9.17, 15) is 4.21 Å². The van der Waals surface area contributed by atoms with E-state index in [0.29, 0.717) is 0 Å². The quantitative estimate of drug-likeness (QED) is 0.799. The molecule has 84 valence electrons. The van der Waals surface area contributed by atoms with Gasteiger partial charge in [0.05, 0.1) is 4.90 Å². The molecule has 1 aromatic carbocycles. The molecule has 2 nitrogen and oxygen atoms in total. The molecule has 2 rings (SSSR count). The summed E-state index contributed by atoms with van der Waals surface area (Å²) in [5.74, 6) is 0. The van der Waals surface area contributed by atoms with E-state index in [1.807, 2.05) is 53.5 Å². The van der Waals surface area contributed by atoms with E-state index < -0.39 is 11.0 Å². The summed E-state index contributed by atoms with van der Waals surface area (Å²) in [6, 6.07) is 11.8. The van der Waals surface area contributed by atoms with Crippen molar-refractivity contribution in [3.63, 3.8) is 0 Å². The maximum absolute atomic E-state index is 12.4. The van der Waals surface area contributed by atoms with Gasteiger partial charge >= 0.3 is 0 Å². The Labute approximate surface area is 98.5 Å². The van der Waals surface area contributed by atoms with Crippen molar-refractivity contribution in [1.82, 2.24) is 3.97 Å². The third-order valence-electron chi connectivity index (χ3n) is 2.62. The first-order valence-corrected chi connectivity index (χ1v) is 6.49. The van der Waals surface area contributed by atoms with Crippen molar-refractivity contribution in [2.45, 2.75) is 25.2 Å². The average molecular weight is 233 g/mol. The minimum atomic E-state index is -1.12. The molecule has 1 aromatic heterocycles. The highest BCUT2D eigenvalue weighted by Crippen LogP contribution is 2.16. The molecule has 0 N–H and O–H groups in total. The SMILES string of the molecule is CCc1cccn1S(=O)c1ccccc1C. The fourth-order valence-corrected chi connectivity index (χ4v) is 3.03. The molecule has 0 saturated carbocycles. The zero-order valence-corrected chi connectivity index (χ0v) is 10.3. The van der Waals surface area contributed by atoms with Crippen LogP contribution in [0, 0.1) is 6.92 Å². The van der Waals surface area contributed by atoms with Crippen molar-refractivity contribution >= 4 is 11.0 Å². The lowest BCUT2D eigenvalue weighted by Crippen LogP contribution is -2.08. The minimum absolute atomic E-state index is 0.883. The number of hydrogen-bond donors (Lipinski definition) is 0. The second-order valence-electron chi connectivity index (χ2n) is 3.69. The van der Waals surface area contributed by atoms with Gasteiger partial charge in [0.1, 0.15) is 0 Å². The van der Waals surface area contributed by atoms with Crippen LogP contribution in [0.15, 0.2) is 47.5 Å². The largest absolute Gasteiger partial charge is 0.267 e. The van der Waals surface area contributed by atoms with Crippen LogP contribution in [0.4, 0.5) is 0 Å². The van der Waals surface area contributed by atoms with Crippen LogP contribution in [0.3, 0.4) is 0 Å². The molecule has 0 bridgehead atoms.